The van der Waals surface area contributed by atoms with Gasteiger partial charge < -0.3 is 5.73 Å². The molecule has 0 saturated carbocycles. The summed E-state index contributed by atoms with van der Waals surface area (Å²) >= 11 is 3.67. The van der Waals surface area contributed by atoms with Crippen molar-refractivity contribution in [2.45, 2.75) is 10.6 Å². The fraction of sp³-hybridized carbons (Fsp3) is 0.400. The van der Waals surface area contributed by atoms with Gasteiger partial charge >= 0.3 is 0 Å². The van der Waals surface area contributed by atoms with E-state index in [2.05, 4.69) is 30.5 Å². The predicted molar refractivity (Wildman–Crippen MR) is 63.4 cm³/mol. The molecule has 1 nitrogen and oxygen atoms in total. The second-order valence-electron chi connectivity index (χ2n) is 2.69. The zero-order valence-corrected chi connectivity index (χ0v) is 9.46. The Morgan fingerprint density at radius 3 is 2.46 bits per heavy atom. The van der Waals surface area contributed by atoms with Crippen LogP contribution in [0.3, 0.4) is 0 Å². The number of hydrogen-bond acceptors (Lipinski definition) is 3. The summed E-state index contributed by atoms with van der Waals surface area (Å²) in [7, 11) is 0. The van der Waals surface area contributed by atoms with Crippen LogP contribution in [0.1, 0.15) is 5.56 Å². The summed E-state index contributed by atoms with van der Waals surface area (Å²) in [6.45, 7) is 0.771. The van der Waals surface area contributed by atoms with Crippen molar-refractivity contribution in [2.24, 2.45) is 5.73 Å². The Kier molecular flexibility index (Phi) is 5.35. The molecule has 13 heavy (non-hydrogen) atoms. The molecule has 72 valence electrons. The summed E-state index contributed by atoms with van der Waals surface area (Å²) < 4.78 is 0. The van der Waals surface area contributed by atoms with E-state index in [-0.39, 0.29) is 0 Å². The van der Waals surface area contributed by atoms with Crippen LogP contribution in [0.5, 0.6) is 0 Å². The maximum absolute atomic E-state index is 5.41. The monoisotopic (exact) mass is 213 g/mol. The SMILES string of the molecule is CSc1ccc(CSCCN)cc1. The third-order valence-corrected chi connectivity index (χ3v) is 3.50. The van der Waals surface area contributed by atoms with E-state index in [1.165, 1.54) is 10.5 Å². The van der Waals surface area contributed by atoms with E-state index in [1.54, 1.807) is 11.8 Å². The minimum atomic E-state index is 0.771. The minimum Gasteiger partial charge on any atom is -0.330 e. The Morgan fingerprint density at radius 2 is 1.92 bits per heavy atom. The van der Waals surface area contributed by atoms with Crippen LogP contribution in [0.25, 0.3) is 0 Å². The molecule has 2 N–H and O–H groups in total. The molecule has 0 aliphatic carbocycles. The standard InChI is InChI=1S/C10H15NS2/c1-12-10-4-2-9(3-5-10)8-13-7-6-11/h2-5H,6-8,11H2,1H3. The van der Waals surface area contributed by atoms with Crippen molar-refractivity contribution in [3.05, 3.63) is 29.8 Å². The number of benzene rings is 1. The molecule has 0 amide bonds. The van der Waals surface area contributed by atoms with E-state index in [0.29, 0.717) is 0 Å². The van der Waals surface area contributed by atoms with Crippen LogP contribution >= 0.6 is 23.5 Å². The number of rotatable bonds is 5. The first kappa shape index (κ1) is 11.0. The lowest BCUT2D eigenvalue weighted by Gasteiger charge is -2.01. The molecule has 0 aliphatic rings. The summed E-state index contributed by atoms with van der Waals surface area (Å²) in [5, 5.41) is 0. The largest absolute Gasteiger partial charge is 0.330 e. The molecule has 1 aromatic rings. The summed E-state index contributed by atoms with van der Waals surface area (Å²) in [5.74, 6) is 2.12. The molecule has 0 unspecified atom stereocenters. The Morgan fingerprint density at radius 1 is 1.23 bits per heavy atom. The molecular weight excluding hydrogens is 198 g/mol. The van der Waals surface area contributed by atoms with Crippen molar-refractivity contribution in [1.82, 2.24) is 0 Å². The number of hydrogen-bond donors (Lipinski definition) is 1. The maximum atomic E-state index is 5.41. The van der Waals surface area contributed by atoms with E-state index < -0.39 is 0 Å². The van der Waals surface area contributed by atoms with Crippen LogP contribution in [0.15, 0.2) is 29.2 Å². The van der Waals surface area contributed by atoms with E-state index in [9.17, 15) is 0 Å². The van der Waals surface area contributed by atoms with Crippen molar-refractivity contribution in [2.75, 3.05) is 18.6 Å². The smallest absolute Gasteiger partial charge is 0.0185 e. The first-order chi connectivity index (χ1) is 6.36. The molecule has 0 saturated heterocycles. The van der Waals surface area contributed by atoms with Crippen LogP contribution in [0.2, 0.25) is 0 Å². The van der Waals surface area contributed by atoms with Gasteiger partial charge in [-0.25, -0.2) is 0 Å². The fourth-order valence-corrected chi connectivity index (χ4v) is 2.14. The maximum Gasteiger partial charge on any atom is 0.0185 e. The topological polar surface area (TPSA) is 26.0 Å². The Labute approximate surface area is 88.5 Å². The van der Waals surface area contributed by atoms with Crippen molar-refractivity contribution in [3.8, 4) is 0 Å². The predicted octanol–water partition coefficient (Wildman–Crippen LogP) is 2.60. The fourth-order valence-electron chi connectivity index (χ4n) is 0.995. The van der Waals surface area contributed by atoms with E-state index in [0.717, 1.165) is 18.1 Å². The van der Waals surface area contributed by atoms with Gasteiger partial charge in [-0.2, -0.15) is 11.8 Å². The van der Waals surface area contributed by atoms with Crippen molar-refractivity contribution >= 4 is 23.5 Å². The van der Waals surface area contributed by atoms with Crippen LogP contribution < -0.4 is 5.73 Å². The van der Waals surface area contributed by atoms with Crippen LogP contribution in [0, 0.1) is 0 Å². The molecule has 0 fully saturated rings. The summed E-state index contributed by atoms with van der Waals surface area (Å²) in [5.41, 5.74) is 6.80. The molecule has 0 aromatic heterocycles. The molecule has 3 heteroatoms. The molecule has 0 atom stereocenters. The second-order valence-corrected chi connectivity index (χ2v) is 4.67. The lowest BCUT2D eigenvalue weighted by Crippen LogP contribution is -2.01. The van der Waals surface area contributed by atoms with Crippen molar-refractivity contribution < 1.29 is 0 Å². The third-order valence-electron chi connectivity index (χ3n) is 1.69. The van der Waals surface area contributed by atoms with Crippen molar-refractivity contribution in [3.63, 3.8) is 0 Å². The van der Waals surface area contributed by atoms with Gasteiger partial charge in [0.05, 0.1) is 0 Å². The molecule has 0 heterocycles. The third kappa shape index (κ3) is 4.07. The lowest BCUT2D eigenvalue weighted by atomic mass is 10.2. The molecule has 0 bridgehead atoms. The molecule has 0 spiro atoms. The first-order valence-electron chi connectivity index (χ1n) is 4.27. The normalized spacial score (nSPS) is 10.3. The number of thioether (sulfide) groups is 2. The van der Waals surface area contributed by atoms with E-state index >= 15 is 0 Å². The lowest BCUT2D eigenvalue weighted by molar-refractivity contribution is 1.15. The quantitative estimate of drug-likeness (QED) is 0.601. The Hall–Kier alpha value is -0.120. The van der Waals surface area contributed by atoms with Gasteiger partial charge in [-0.1, -0.05) is 12.1 Å². The van der Waals surface area contributed by atoms with Crippen LogP contribution in [0.4, 0.5) is 0 Å². The minimum absolute atomic E-state index is 0.771. The molecule has 0 aliphatic heterocycles. The van der Waals surface area contributed by atoms with Crippen LogP contribution in [-0.4, -0.2) is 18.6 Å². The van der Waals surface area contributed by atoms with Crippen LogP contribution in [-0.2, 0) is 5.75 Å². The number of nitrogens with two attached hydrogens (primary N) is 1. The first-order valence-corrected chi connectivity index (χ1v) is 6.65. The Balaban J connectivity index is 2.40. The van der Waals surface area contributed by atoms with Gasteiger partial charge in [0.15, 0.2) is 0 Å². The molecule has 0 radical (unpaired) electrons. The second kappa shape index (κ2) is 6.35. The summed E-state index contributed by atoms with van der Waals surface area (Å²) in [6, 6.07) is 8.72. The zero-order chi connectivity index (χ0) is 9.52. The van der Waals surface area contributed by atoms with E-state index in [4.69, 9.17) is 5.73 Å². The van der Waals surface area contributed by atoms with Gasteiger partial charge in [-0.3, -0.25) is 0 Å². The van der Waals surface area contributed by atoms with Gasteiger partial charge in [0.2, 0.25) is 0 Å². The van der Waals surface area contributed by atoms with Gasteiger partial charge in [-0.15, -0.1) is 11.8 Å². The van der Waals surface area contributed by atoms with Gasteiger partial charge in [0, 0.05) is 22.9 Å². The van der Waals surface area contributed by atoms with E-state index in [1.807, 2.05) is 11.8 Å². The average Bonchev–Trinajstić information content (AvgIpc) is 2.19. The summed E-state index contributed by atoms with van der Waals surface area (Å²) in [6.07, 6.45) is 2.10. The van der Waals surface area contributed by atoms with Gasteiger partial charge in [0.1, 0.15) is 0 Å². The molecular formula is C10H15NS2. The highest BCUT2D eigenvalue weighted by Crippen LogP contribution is 2.17. The summed E-state index contributed by atoms with van der Waals surface area (Å²) in [4.78, 5) is 1.33. The van der Waals surface area contributed by atoms with Gasteiger partial charge in [-0.05, 0) is 24.0 Å². The highest BCUT2D eigenvalue weighted by atomic mass is 32.2. The van der Waals surface area contributed by atoms with Crippen molar-refractivity contribution in [1.29, 1.82) is 0 Å². The highest BCUT2D eigenvalue weighted by molar-refractivity contribution is 7.98. The Bertz CT molecular complexity index is 233. The van der Waals surface area contributed by atoms with Gasteiger partial charge in [0.25, 0.3) is 0 Å². The molecule has 1 rings (SSSR count). The average molecular weight is 213 g/mol. The highest BCUT2D eigenvalue weighted by Gasteiger charge is 1.93. The molecule has 1 aromatic carbocycles. The zero-order valence-electron chi connectivity index (χ0n) is 7.82.